The first-order chi connectivity index (χ1) is 63.0. The third-order valence-corrected chi connectivity index (χ3v) is 25.2. The van der Waals surface area contributed by atoms with Crippen LogP contribution < -0.4 is 29.1 Å². The third kappa shape index (κ3) is 12.9. The van der Waals surface area contributed by atoms with Crippen molar-refractivity contribution < 1.29 is 13.9 Å². The second kappa shape index (κ2) is 31.2. The molecule has 2 aliphatic heterocycles. The van der Waals surface area contributed by atoms with E-state index in [1.54, 1.807) is 0 Å². The van der Waals surface area contributed by atoms with Crippen LogP contribution in [0, 0.1) is 0 Å². The summed E-state index contributed by atoms with van der Waals surface area (Å²) in [4.78, 5) is 9.37. The van der Waals surface area contributed by atoms with Crippen LogP contribution in [0.2, 0.25) is 0 Å². The van der Waals surface area contributed by atoms with E-state index in [1.807, 2.05) is 12.1 Å². The zero-order valence-corrected chi connectivity index (χ0v) is 69.0. The van der Waals surface area contributed by atoms with Gasteiger partial charge in [-0.15, -0.1) is 0 Å². The van der Waals surface area contributed by atoms with Crippen LogP contribution >= 0.6 is 0 Å². The minimum absolute atomic E-state index is 0.851. The standard InChI is InChI=1S/C60H38N2O2.C60H40N2O/c1-4-16-41(17-5-1)61(54-27-14-26-50-47-24-12-13-28-56(47)64-60(50)54)44-33-30-39(31-34-44)40-32-35-48-53-37-51-45-22-10-11-23-46(45)55(62(42-18-6-2-7-19-42)43-20-8-3-9-21-43)38-52(51)49-25-15-29-57(59(49)53)63-58(48)36-40;1-5-18-42(19-6-1)48-26-15-16-30-56(48)61(44-20-7-2-8-21-44)47-35-32-41(33-36-47)43-34-37-51-55-39-53-49-27-13-14-28-50(49)57(62(45-22-9-3-10-23-45)46-24-11-4-12-25-46)40-54(53)52-29-17-31-58(60(52)55)63-59(51)38-43/h1-38H;1-40H. The maximum atomic E-state index is 6.88. The van der Waals surface area contributed by atoms with Gasteiger partial charge in [-0.1, -0.05) is 297 Å². The molecule has 7 heteroatoms. The first kappa shape index (κ1) is 73.9. The Morgan fingerprint density at radius 1 is 0.150 bits per heavy atom. The fourth-order valence-electron chi connectivity index (χ4n) is 19.4. The Kier molecular flexibility index (Phi) is 18.1. The van der Waals surface area contributed by atoms with Crippen molar-refractivity contribution >= 4 is 155 Å². The molecule has 596 valence electrons. The highest BCUT2D eigenvalue weighted by atomic mass is 16.5. The van der Waals surface area contributed by atoms with Crippen molar-refractivity contribution in [3.05, 3.63) is 473 Å². The van der Waals surface area contributed by atoms with Gasteiger partial charge in [0.1, 0.15) is 28.6 Å². The van der Waals surface area contributed by atoms with Gasteiger partial charge in [-0.2, -0.15) is 0 Å². The number of nitrogens with zero attached hydrogens (tertiary/aromatic N) is 4. The van der Waals surface area contributed by atoms with Crippen molar-refractivity contribution in [1.82, 2.24) is 0 Å². The summed E-state index contributed by atoms with van der Waals surface area (Å²) in [5.41, 5.74) is 26.2. The van der Waals surface area contributed by atoms with Crippen molar-refractivity contribution in [2.24, 2.45) is 0 Å². The Hall–Kier alpha value is -17.0. The number of benzene rings is 22. The van der Waals surface area contributed by atoms with Crippen molar-refractivity contribution in [3.63, 3.8) is 0 Å². The van der Waals surface area contributed by atoms with Gasteiger partial charge in [0.25, 0.3) is 0 Å². The molecule has 7 nitrogen and oxygen atoms in total. The number of furan rings is 1. The van der Waals surface area contributed by atoms with E-state index < -0.39 is 0 Å². The highest BCUT2D eigenvalue weighted by Crippen LogP contribution is 2.56. The first-order valence-corrected chi connectivity index (χ1v) is 43.3. The minimum atomic E-state index is 0.851. The largest absolute Gasteiger partial charge is 0.456 e. The van der Waals surface area contributed by atoms with Gasteiger partial charge in [0.05, 0.1) is 22.7 Å². The predicted octanol–water partition coefficient (Wildman–Crippen LogP) is 34.6. The zero-order valence-electron chi connectivity index (χ0n) is 69.0. The molecule has 1 aromatic heterocycles. The topological polar surface area (TPSA) is 44.6 Å². The minimum Gasteiger partial charge on any atom is -0.456 e. The second-order valence-corrected chi connectivity index (χ2v) is 32.5. The van der Waals surface area contributed by atoms with Crippen LogP contribution in [0.15, 0.2) is 478 Å². The summed E-state index contributed by atoms with van der Waals surface area (Å²) in [6, 6.07) is 169. The van der Waals surface area contributed by atoms with Crippen LogP contribution in [-0.4, -0.2) is 0 Å². The number of hydrogen-bond donors (Lipinski definition) is 0. The average Bonchev–Trinajstić information content (AvgIpc) is 1.35. The Balaban J connectivity index is 0.000000142. The summed E-state index contributed by atoms with van der Waals surface area (Å²) in [7, 11) is 0. The molecule has 25 rings (SSSR count). The molecule has 0 N–H and O–H groups in total. The molecule has 23 aromatic rings. The Morgan fingerprint density at radius 2 is 0.465 bits per heavy atom. The van der Waals surface area contributed by atoms with Gasteiger partial charge >= 0.3 is 0 Å². The molecule has 0 bridgehead atoms. The zero-order chi connectivity index (χ0) is 83.8. The fourth-order valence-corrected chi connectivity index (χ4v) is 19.4. The SMILES string of the molecule is c1ccc(-c2ccccc2N(c2ccccc2)c2ccc(-c3ccc4c(c3)Oc3cccc5c3c-4cc3c4ccccc4c(N(c4ccccc4)c4ccccc4)cc53)cc2)cc1.c1ccc(N(c2ccccc2)c2cc3c4cccc5c4c(cc3c3ccccc23)-c2ccc(-c3ccc(N(c4ccccc4)c4cccc6c4oc4ccccc46)cc3)cc2O5)cc1. The molecule has 3 heterocycles. The predicted molar refractivity (Wildman–Crippen MR) is 531 cm³/mol. The third-order valence-electron chi connectivity index (χ3n) is 25.2. The molecule has 22 aromatic carbocycles. The lowest BCUT2D eigenvalue weighted by Gasteiger charge is -2.28. The van der Waals surface area contributed by atoms with Gasteiger partial charge in [-0.05, 0) is 258 Å². The van der Waals surface area contributed by atoms with Crippen LogP contribution in [0.5, 0.6) is 23.0 Å². The van der Waals surface area contributed by atoms with Crippen LogP contribution in [0.4, 0.5) is 68.2 Å². The lowest BCUT2D eigenvalue weighted by molar-refractivity contribution is 0.487. The molecule has 0 saturated heterocycles. The molecule has 0 atom stereocenters. The van der Waals surface area contributed by atoms with E-state index in [2.05, 4.69) is 481 Å². The number of para-hydroxylation sites is 9. The van der Waals surface area contributed by atoms with Crippen molar-refractivity contribution in [2.75, 3.05) is 19.6 Å². The number of hydrogen-bond acceptors (Lipinski definition) is 7. The molecular weight excluding hydrogens is 1550 g/mol. The Morgan fingerprint density at radius 3 is 0.906 bits per heavy atom. The molecule has 0 fully saturated rings. The van der Waals surface area contributed by atoms with E-state index in [0.717, 1.165) is 157 Å². The van der Waals surface area contributed by atoms with E-state index >= 15 is 0 Å². The molecule has 2 aliphatic rings. The molecule has 0 aliphatic carbocycles. The summed E-state index contributed by atoms with van der Waals surface area (Å²) in [5.74, 6) is 3.45. The Labute approximate surface area is 735 Å². The van der Waals surface area contributed by atoms with Crippen LogP contribution in [-0.2, 0) is 0 Å². The normalized spacial score (nSPS) is 11.7. The van der Waals surface area contributed by atoms with Gasteiger partial charge in [0, 0.05) is 94.5 Å². The highest BCUT2D eigenvalue weighted by molar-refractivity contribution is 6.28. The number of ether oxygens (including phenoxy) is 2. The summed E-state index contributed by atoms with van der Waals surface area (Å²) < 4.78 is 20.3. The lowest BCUT2D eigenvalue weighted by atomic mass is 9.87. The summed E-state index contributed by atoms with van der Waals surface area (Å²) in [6.07, 6.45) is 0. The lowest BCUT2D eigenvalue weighted by Crippen LogP contribution is -2.11. The monoisotopic (exact) mass is 1620 g/mol. The second-order valence-electron chi connectivity index (χ2n) is 32.5. The molecule has 0 unspecified atom stereocenters. The molecule has 0 radical (unpaired) electrons. The first-order valence-electron chi connectivity index (χ1n) is 43.3. The van der Waals surface area contributed by atoms with Crippen molar-refractivity contribution in [1.29, 1.82) is 0 Å². The molecule has 127 heavy (non-hydrogen) atoms. The van der Waals surface area contributed by atoms with Gasteiger partial charge in [0.15, 0.2) is 5.58 Å². The number of anilines is 12. The maximum Gasteiger partial charge on any atom is 0.159 e. The number of rotatable bonds is 15. The van der Waals surface area contributed by atoms with E-state index in [4.69, 9.17) is 13.9 Å². The molecule has 0 amide bonds. The fraction of sp³-hybridized carbons (Fsp3) is 0. The summed E-state index contributed by atoms with van der Waals surface area (Å²) >= 11 is 0. The molecule has 0 saturated carbocycles. The summed E-state index contributed by atoms with van der Waals surface area (Å²) in [6.45, 7) is 0. The van der Waals surface area contributed by atoms with Crippen LogP contribution in [0.1, 0.15) is 0 Å². The van der Waals surface area contributed by atoms with Crippen molar-refractivity contribution in [3.8, 4) is 78.6 Å². The van der Waals surface area contributed by atoms with Gasteiger partial charge in [-0.3, -0.25) is 0 Å². The van der Waals surface area contributed by atoms with E-state index in [1.165, 1.54) is 76.1 Å². The van der Waals surface area contributed by atoms with Crippen molar-refractivity contribution in [2.45, 2.75) is 0 Å². The number of fused-ring (bicyclic) bond motifs is 15. The van der Waals surface area contributed by atoms with Gasteiger partial charge in [-0.25, -0.2) is 0 Å². The quantitative estimate of drug-likeness (QED) is 0.0948. The highest BCUT2D eigenvalue weighted by Gasteiger charge is 2.30. The maximum absolute atomic E-state index is 6.88. The summed E-state index contributed by atoms with van der Waals surface area (Å²) in [5, 5.41) is 16.5. The van der Waals surface area contributed by atoms with Crippen LogP contribution in [0.25, 0.3) is 142 Å². The van der Waals surface area contributed by atoms with E-state index in [-0.39, 0.29) is 0 Å². The molecular formula is C120H78N4O3. The van der Waals surface area contributed by atoms with E-state index in [0.29, 0.717) is 0 Å². The Bertz CT molecular complexity index is 8100. The average molecular weight is 1620 g/mol. The van der Waals surface area contributed by atoms with Gasteiger partial charge in [0.2, 0.25) is 0 Å². The smallest absolute Gasteiger partial charge is 0.159 e. The van der Waals surface area contributed by atoms with Gasteiger partial charge < -0.3 is 33.5 Å². The molecule has 0 spiro atoms. The van der Waals surface area contributed by atoms with E-state index in [9.17, 15) is 0 Å². The van der Waals surface area contributed by atoms with Crippen LogP contribution in [0.3, 0.4) is 0 Å².